The fraction of sp³-hybridized carbons (Fsp3) is 0.286. The molecule has 3 aromatic rings. The first-order valence-corrected chi connectivity index (χ1v) is 9.87. The molecule has 2 N–H and O–H groups in total. The van der Waals surface area contributed by atoms with Crippen LogP contribution >= 0.6 is 0 Å². The van der Waals surface area contributed by atoms with Gasteiger partial charge in [-0.15, -0.1) is 0 Å². The van der Waals surface area contributed by atoms with Crippen LogP contribution in [0.3, 0.4) is 0 Å². The Labute approximate surface area is 180 Å². The molecule has 0 fully saturated rings. The minimum atomic E-state index is -1.92. The van der Waals surface area contributed by atoms with Crippen molar-refractivity contribution in [3.8, 4) is 17.2 Å². The lowest BCUT2D eigenvalue weighted by molar-refractivity contribution is 0.279. The zero-order valence-electron chi connectivity index (χ0n) is 17.5. The minimum Gasteiger partial charge on any atom is -0.509 e. The number of anilines is 1. The Morgan fingerprint density at radius 2 is 1.84 bits per heavy atom. The molecule has 0 amide bonds. The highest BCUT2D eigenvalue weighted by Crippen LogP contribution is 2.34. The largest absolute Gasteiger partial charge is 0.707 e. The van der Waals surface area contributed by atoms with E-state index in [-0.39, 0.29) is 11.8 Å². The van der Waals surface area contributed by atoms with Gasteiger partial charge in [-0.2, -0.15) is 5.10 Å². The standard InChI is InChI=1S/C21H23BN4O5/c1-13-7-9-16(14-8-10-17(31-22(27)28)19(11-14)30-3)25-26(13)21-15-5-4-6-18(29-2)20(15)23-12-24-21/h4-6,8,10-13,27-28H,7,9H2,1-3H3. The molecule has 10 heteroatoms. The second-order valence-electron chi connectivity index (χ2n) is 7.14. The Morgan fingerprint density at radius 1 is 1.03 bits per heavy atom. The number of hydrogen-bond donors (Lipinski definition) is 2. The average Bonchev–Trinajstić information content (AvgIpc) is 2.78. The SMILES string of the molecule is COc1cc(C2=NN(c3ncnc4c(OC)cccc34)C(C)CC2)ccc1OB(O)O. The fourth-order valence-electron chi connectivity index (χ4n) is 3.66. The van der Waals surface area contributed by atoms with Crippen molar-refractivity contribution >= 4 is 29.8 Å². The van der Waals surface area contributed by atoms with Gasteiger partial charge in [0, 0.05) is 10.9 Å². The smallest absolute Gasteiger partial charge is 0.509 e. The first-order valence-electron chi connectivity index (χ1n) is 9.87. The third-order valence-electron chi connectivity index (χ3n) is 5.22. The summed E-state index contributed by atoms with van der Waals surface area (Å²) < 4.78 is 15.8. The van der Waals surface area contributed by atoms with E-state index in [9.17, 15) is 0 Å². The van der Waals surface area contributed by atoms with Crippen molar-refractivity contribution in [2.75, 3.05) is 19.2 Å². The maximum atomic E-state index is 9.08. The second kappa shape index (κ2) is 8.79. The van der Waals surface area contributed by atoms with Crippen molar-refractivity contribution in [3.63, 3.8) is 0 Å². The molecule has 1 aromatic heterocycles. The van der Waals surface area contributed by atoms with E-state index in [1.54, 1.807) is 19.2 Å². The molecule has 1 aliphatic heterocycles. The van der Waals surface area contributed by atoms with Gasteiger partial charge in [-0.3, -0.25) is 0 Å². The van der Waals surface area contributed by atoms with Crippen molar-refractivity contribution < 1.29 is 24.2 Å². The average molecular weight is 422 g/mol. The molecule has 0 saturated carbocycles. The lowest BCUT2D eigenvalue weighted by Gasteiger charge is -2.31. The van der Waals surface area contributed by atoms with Gasteiger partial charge in [0.05, 0.1) is 26.0 Å². The number of hydrogen-bond acceptors (Lipinski definition) is 9. The molecule has 0 spiro atoms. The summed E-state index contributed by atoms with van der Waals surface area (Å²) in [7, 11) is 1.19. The molecule has 160 valence electrons. The van der Waals surface area contributed by atoms with Crippen LogP contribution < -0.4 is 19.1 Å². The molecule has 0 bridgehead atoms. The number of ether oxygens (including phenoxy) is 2. The van der Waals surface area contributed by atoms with E-state index in [0.717, 1.165) is 35.0 Å². The molecule has 9 nitrogen and oxygen atoms in total. The van der Waals surface area contributed by atoms with Crippen LogP contribution in [0.2, 0.25) is 0 Å². The first kappa shape index (κ1) is 20.9. The molecule has 1 aliphatic rings. The van der Waals surface area contributed by atoms with Gasteiger partial charge in [-0.1, -0.05) is 6.07 Å². The highest BCUT2D eigenvalue weighted by atomic mass is 16.6. The zero-order valence-corrected chi connectivity index (χ0v) is 17.5. The van der Waals surface area contributed by atoms with Crippen molar-refractivity contribution in [3.05, 3.63) is 48.3 Å². The van der Waals surface area contributed by atoms with Gasteiger partial charge in [-0.25, -0.2) is 15.0 Å². The van der Waals surface area contributed by atoms with E-state index < -0.39 is 7.32 Å². The van der Waals surface area contributed by atoms with Gasteiger partial charge in [0.15, 0.2) is 11.6 Å². The maximum Gasteiger partial charge on any atom is 0.707 e. The van der Waals surface area contributed by atoms with E-state index in [1.165, 1.54) is 13.4 Å². The van der Waals surface area contributed by atoms with E-state index in [1.807, 2.05) is 29.3 Å². The molecular formula is C21H23BN4O5. The molecular weight excluding hydrogens is 399 g/mol. The topological polar surface area (TPSA) is 110 Å². The summed E-state index contributed by atoms with van der Waals surface area (Å²) in [4.78, 5) is 8.90. The van der Waals surface area contributed by atoms with Crippen molar-refractivity contribution in [2.24, 2.45) is 5.10 Å². The van der Waals surface area contributed by atoms with Crippen LogP contribution in [-0.2, 0) is 0 Å². The molecule has 0 saturated heterocycles. The monoisotopic (exact) mass is 422 g/mol. The van der Waals surface area contributed by atoms with Crippen LogP contribution in [0.1, 0.15) is 25.3 Å². The fourth-order valence-corrected chi connectivity index (χ4v) is 3.66. The molecule has 2 heterocycles. The number of nitrogens with zero attached hydrogens (tertiary/aromatic N) is 4. The number of methoxy groups -OCH3 is 2. The highest BCUT2D eigenvalue weighted by Gasteiger charge is 2.25. The summed E-state index contributed by atoms with van der Waals surface area (Å²) in [5.41, 5.74) is 2.45. The third-order valence-corrected chi connectivity index (χ3v) is 5.22. The van der Waals surface area contributed by atoms with E-state index >= 15 is 0 Å². The summed E-state index contributed by atoms with van der Waals surface area (Å²) in [6, 6.07) is 11.1. The molecule has 1 atom stereocenters. The van der Waals surface area contributed by atoms with Crippen LogP contribution in [0.5, 0.6) is 17.2 Å². The lowest BCUT2D eigenvalue weighted by Crippen LogP contribution is -2.35. The van der Waals surface area contributed by atoms with E-state index in [0.29, 0.717) is 17.3 Å². The number of hydrazone groups is 1. The predicted octanol–water partition coefficient (Wildman–Crippen LogP) is 2.39. The quantitative estimate of drug-likeness (QED) is 0.583. The van der Waals surface area contributed by atoms with E-state index in [2.05, 4.69) is 16.9 Å². The Balaban J connectivity index is 1.76. The summed E-state index contributed by atoms with van der Waals surface area (Å²) in [5, 5.41) is 25.8. The normalized spacial score (nSPS) is 16.1. The van der Waals surface area contributed by atoms with Gasteiger partial charge in [0.25, 0.3) is 0 Å². The number of aromatic nitrogens is 2. The number of rotatable bonds is 6. The molecule has 0 radical (unpaired) electrons. The Kier molecular flexibility index (Phi) is 5.92. The summed E-state index contributed by atoms with van der Waals surface area (Å²) in [6.45, 7) is 2.11. The molecule has 31 heavy (non-hydrogen) atoms. The van der Waals surface area contributed by atoms with Gasteiger partial charge in [0.1, 0.15) is 23.3 Å². The zero-order chi connectivity index (χ0) is 22.0. The van der Waals surface area contributed by atoms with Crippen LogP contribution in [-0.4, -0.2) is 53.3 Å². The van der Waals surface area contributed by atoms with Gasteiger partial charge in [0.2, 0.25) is 0 Å². The first-order chi connectivity index (χ1) is 15.0. The predicted molar refractivity (Wildman–Crippen MR) is 118 cm³/mol. The highest BCUT2D eigenvalue weighted by molar-refractivity contribution is 6.33. The lowest BCUT2D eigenvalue weighted by atomic mass is 10.00. The van der Waals surface area contributed by atoms with Gasteiger partial charge in [-0.05, 0) is 50.1 Å². The summed E-state index contributed by atoms with van der Waals surface area (Å²) in [5.74, 6) is 2.01. The number of fused-ring (bicyclic) bond motifs is 1. The van der Waals surface area contributed by atoms with Crippen LogP contribution in [0.15, 0.2) is 47.8 Å². The van der Waals surface area contributed by atoms with Crippen molar-refractivity contribution in [2.45, 2.75) is 25.8 Å². The maximum absolute atomic E-state index is 9.08. The number of para-hydroxylation sites is 1. The molecule has 4 rings (SSSR count). The van der Waals surface area contributed by atoms with Crippen LogP contribution in [0, 0.1) is 0 Å². The molecule has 0 aliphatic carbocycles. The number of benzene rings is 2. The summed E-state index contributed by atoms with van der Waals surface area (Å²) >= 11 is 0. The molecule has 2 aromatic carbocycles. The minimum absolute atomic E-state index is 0.141. The van der Waals surface area contributed by atoms with Crippen molar-refractivity contribution in [1.82, 2.24) is 9.97 Å². The van der Waals surface area contributed by atoms with E-state index in [4.69, 9.17) is 29.3 Å². The van der Waals surface area contributed by atoms with Gasteiger partial charge < -0.3 is 24.2 Å². The Hall–Kier alpha value is -3.37. The third kappa shape index (κ3) is 4.12. The molecule has 1 unspecified atom stereocenters. The van der Waals surface area contributed by atoms with Crippen LogP contribution in [0.4, 0.5) is 5.82 Å². The van der Waals surface area contributed by atoms with Crippen LogP contribution in [0.25, 0.3) is 10.9 Å². The van der Waals surface area contributed by atoms with Gasteiger partial charge >= 0.3 is 7.32 Å². The Bertz CT molecular complexity index is 1120. The summed E-state index contributed by atoms with van der Waals surface area (Å²) in [6.07, 6.45) is 3.17. The second-order valence-corrected chi connectivity index (χ2v) is 7.14. The Morgan fingerprint density at radius 3 is 2.58 bits per heavy atom. The van der Waals surface area contributed by atoms with Crippen molar-refractivity contribution in [1.29, 1.82) is 0 Å².